The molecule has 2 aromatic heterocycles. The Morgan fingerprint density at radius 1 is 1.28 bits per heavy atom. The van der Waals surface area contributed by atoms with E-state index < -0.39 is 0 Å². The standard InChI is InChI=1S/C21H24N8/c1-13-9-19(28-27-13)25-20-16-5-2-3-6-17(16)23-21(26-20)24-18-11-15-10-14(18)12-29(15)8-4-7-22/h2-3,5-6,9,14-15,18H,4,8,10-12H2,1H3,(H3,23,24,25,26,27,28)/t14-,15?,18-/m1/s1. The highest BCUT2D eigenvalue weighted by atomic mass is 15.2. The fourth-order valence-electron chi connectivity index (χ4n) is 4.70. The zero-order valence-corrected chi connectivity index (χ0v) is 16.4. The summed E-state index contributed by atoms with van der Waals surface area (Å²) in [6.45, 7) is 3.90. The lowest BCUT2D eigenvalue weighted by Gasteiger charge is -2.31. The predicted molar refractivity (Wildman–Crippen MR) is 112 cm³/mol. The van der Waals surface area contributed by atoms with Crippen LogP contribution in [0.5, 0.6) is 0 Å². The molecule has 2 bridgehead atoms. The van der Waals surface area contributed by atoms with Gasteiger partial charge in [-0.2, -0.15) is 15.3 Å². The summed E-state index contributed by atoms with van der Waals surface area (Å²) >= 11 is 0. The zero-order valence-electron chi connectivity index (χ0n) is 16.4. The maximum Gasteiger partial charge on any atom is 0.225 e. The van der Waals surface area contributed by atoms with Gasteiger partial charge in [0.2, 0.25) is 5.95 Å². The van der Waals surface area contributed by atoms with Gasteiger partial charge in [-0.15, -0.1) is 0 Å². The minimum atomic E-state index is 0.375. The normalized spacial score (nSPS) is 23.4. The van der Waals surface area contributed by atoms with E-state index in [0.29, 0.717) is 30.4 Å². The summed E-state index contributed by atoms with van der Waals surface area (Å²) in [4.78, 5) is 12.0. The summed E-state index contributed by atoms with van der Waals surface area (Å²) in [6.07, 6.45) is 2.87. The first-order chi connectivity index (χ1) is 14.2. The quantitative estimate of drug-likeness (QED) is 0.595. The third-order valence-corrected chi connectivity index (χ3v) is 6.04. The summed E-state index contributed by atoms with van der Waals surface area (Å²) in [5.41, 5.74) is 1.89. The van der Waals surface area contributed by atoms with Crippen LogP contribution in [0.2, 0.25) is 0 Å². The van der Waals surface area contributed by atoms with Crippen molar-refractivity contribution in [1.82, 2.24) is 25.1 Å². The Labute approximate surface area is 169 Å². The van der Waals surface area contributed by atoms with Gasteiger partial charge < -0.3 is 10.6 Å². The first kappa shape index (κ1) is 17.9. The van der Waals surface area contributed by atoms with Crippen molar-refractivity contribution < 1.29 is 0 Å². The Morgan fingerprint density at radius 2 is 2.17 bits per heavy atom. The Balaban J connectivity index is 1.37. The van der Waals surface area contributed by atoms with Gasteiger partial charge >= 0.3 is 0 Å². The number of likely N-dealkylation sites (tertiary alicyclic amines) is 1. The van der Waals surface area contributed by atoms with Crippen molar-refractivity contribution in [3.63, 3.8) is 0 Å². The van der Waals surface area contributed by atoms with Crippen LogP contribution in [-0.4, -0.2) is 50.2 Å². The van der Waals surface area contributed by atoms with Gasteiger partial charge in [-0.05, 0) is 37.8 Å². The number of nitriles is 1. The number of piperidine rings is 1. The third kappa shape index (κ3) is 3.49. The van der Waals surface area contributed by atoms with Gasteiger partial charge in [0.05, 0.1) is 11.6 Å². The molecule has 3 aromatic rings. The van der Waals surface area contributed by atoms with E-state index in [0.717, 1.165) is 47.7 Å². The molecule has 1 aliphatic heterocycles. The highest BCUT2D eigenvalue weighted by Crippen LogP contribution is 2.39. The number of nitrogens with one attached hydrogen (secondary N) is 3. The second-order valence-corrected chi connectivity index (χ2v) is 8.01. The number of hydrogen-bond acceptors (Lipinski definition) is 7. The molecule has 3 atom stereocenters. The van der Waals surface area contributed by atoms with Crippen molar-refractivity contribution in [2.24, 2.45) is 5.92 Å². The van der Waals surface area contributed by atoms with E-state index in [4.69, 9.17) is 15.2 Å². The maximum atomic E-state index is 8.85. The van der Waals surface area contributed by atoms with Crippen LogP contribution in [0.15, 0.2) is 30.3 Å². The topological polar surface area (TPSA) is 106 Å². The number of rotatable bonds is 6. The number of aromatic nitrogens is 4. The second-order valence-electron chi connectivity index (χ2n) is 8.01. The molecule has 8 nitrogen and oxygen atoms in total. The number of para-hydroxylation sites is 1. The Bertz CT molecular complexity index is 1070. The van der Waals surface area contributed by atoms with E-state index in [2.05, 4.69) is 31.8 Å². The Kier molecular flexibility index (Phi) is 4.52. The van der Waals surface area contributed by atoms with E-state index in [1.165, 1.54) is 6.42 Å². The van der Waals surface area contributed by atoms with Crippen molar-refractivity contribution in [3.05, 3.63) is 36.0 Å². The highest BCUT2D eigenvalue weighted by molar-refractivity contribution is 5.91. The van der Waals surface area contributed by atoms with Crippen LogP contribution in [0.1, 0.15) is 25.0 Å². The van der Waals surface area contributed by atoms with Crippen LogP contribution in [0.25, 0.3) is 10.9 Å². The van der Waals surface area contributed by atoms with Gasteiger partial charge in [0.15, 0.2) is 5.82 Å². The molecule has 0 radical (unpaired) electrons. The molecule has 1 unspecified atom stereocenters. The van der Waals surface area contributed by atoms with Crippen LogP contribution < -0.4 is 10.6 Å². The average molecular weight is 388 g/mol. The number of anilines is 3. The molecule has 1 saturated carbocycles. The number of H-pyrrole nitrogens is 1. The summed E-state index contributed by atoms with van der Waals surface area (Å²) in [5.74, 6) is 2.73. The van der Waals surface area contributed by atoms with Gasteiger partial charge in [-0.1, -0.05) is 12.1 Å². The molecular formula is C21H24N8. The monoisotopic (exact) mass is 388 g/mol. The fourth-order valence-corrected chi connectivity index (χ4v) is 4.70. The molecular weight excluding hydrogens is 364 g/mol. The van der Waals surface area contributed by atoms with Crippen molar-refractivity contribution >= 4 is 28.5 Å². The first-order valence-corrected chi connectivity index (χ1v) is 10.1. The number of fused-ring (bicyclic) bond motifs is 3. The third-order valence-electron chi connectivity index (χ3n) is 6.04. The number of benzene rings is 1. The molecule has 1 saturated heterocycles. The average Bonchev–Trinajstić information content (AvgIpc) is 3.42. The Hall–Kier alpha value is -3.18. The lowest BCUT2D eigenvalue weighted by Crippen LogP contribution is -2.41. The molecule has 5 rings (SSSR count). The maximum absolute atomic E-state index is 8.85. The summed E-state index contributed by atoms with van der Waals surface area (Å²) in [5, 5.41) is 23.9. The predicted octanol–water partition coefficient (Wildman–Crippen LogP) is 3.19. The van der Waals surface area contributed by atoms with Crippen LogP contribution in [-0.2, 0) is 0 Å². The van der Waals surface area contributed by atoms with Crippen LogP contribution in [0.4, 0.5) is 17.6 Å². The highest BCUT2D eigenvalue weighted by Gasteiger charge is 2.44. The van der Waals surface area contributed by atoms with Crippen LogP contribution >= 0.6 is 0 Å². The minimum absolute atomic E-state index is 0.375. The molecule has 148 valence electrons. The van der Waals surface area contributed by atoms with Gasteiger partial charge in [-0.25, -0.2) is 4.98 Å². The number of aromatic amines is 1. The Morgan fingerprint density at radius 3 is 2.93 bits per heavy atom. The first-order valence-electron chi connectivity index (χ1n) is 10.1. The van der Waals surface area contributed by atoms with Gasteiger partial charge in [0.25, 0.3) is 0 Å². The molecule has 29 heavy (non-hydrogen) atoms. The lowest BCUT2D eigenvalue weighted by atomic mass is 10.0. The molecule has 2 fully saturated rings. The SMILES string of the molecule is Cc1cc(Nc2nc(N[C@@H]3CC4C[C@@H]3CN4CCC#N)nc3ccccc23)n[nH]1. The van der Waals surface area contributed by atoms with Crippen molar-refractivity contribution in [2.75, 3.05) is 23.7 Å². The van der Waals surface area contributed by atoms with E-state index >= 15 is 0 Å². The molecule has 3 N–H and O–H groups in total. The summed E-state index contributed by atoms with van der Waals surface area (Å²) in [7, 11) is 0. The van der Waals surface area contributed by atoms with Crippen LogP contribution in [0.3, 0.4) is 0 Å². The van der Waals surface area contributed by atoms with Crippen molar-refractivity contribution in [2.45, 2.75) is 38.3 Å². The van der Waals surface area contributed by atoms with E-state index in [-0.39, 0.29) is 0 Å². The largest absolute Gasteiger partial charge is 0.351 e. The lowest BCUT2D eigenvalue weighted by molar-refractivity contribution is 0.209. The molecule has 3 heterocycles. The van der Waals surface area contributed by atoms with Gasteiger partial charge in [-0.3, -0.25) is 10.00 Å². The molecule has 8 heteroatoms. The van der Waals surface area contributed by atoms with Crippen molar-refractivity contribution in [1.29, 1.82) is 5.26 Å². The molecule has 2 aliphatic rings. The van der Waals surface area contributed by atoms with Crippen LogP contribution in [0, 0.1) is 24.2 Å². The summed E-state index contributed by atoms with van der Waals surface area (Å²) < 4.78 is 0. The number of aryl methyl sites for hydroxylation is 1. The van der Waals surface area contributed by atoms with E-state index in [1.807, 2.05) is 37.3 Å². The fraction of sp³-hybridized carbons (Fsp3) is 0.429. The number of hydrogen-bond donors (Lipinski definition) is 3. The molecule has 0 spiro atoms. The molecule has 1 aromatic carbocycles. The van der Waals surface area contributed by atoms with Gasteiger partial charge in [0.1, 0.15) is 5.82 Å². The molecule has 0 amide bonds. The van der Waals surface area contributed by atoms with E-state index in [1.54, 1.807) is 0 Å². The molecule has 1 aliphatic carbocycles. The van der Waals surface area contributed by atoms with E-state index in [9.17, 15) is 0 Å². The smallest absolute Gasteiger partial charge is 0.225 e. The van der Waals surface area contributed by atoms with Gasteiger partial charge in [0, 0.05) is 48.7 Å². The zero-order chi connectivity index (χ0) is 19.8. The number of nitrogens with zero attached hydrogens (tertiary/aromatic N) is 5. The summed E-state index contributed by atoms with van der Waals surface area (Å²) in [6, 6.07) is 13.2. The minimum Gasteiger partial charge on any atom is -0.351 e. The van der Waals surface area contributed by atoms with Crippen molar-refractivity contribution in [3.8, 4) is 6.07 Å². The second kappa shape index (κ2) is 7.33.